The number of hydrogen-bond acceptors (Lipinski definition) is 4. The summed E-state index contributed by atoms with van der Waals surface area (Å²) in [4.78, 5) is 15.1. The van der Waals surface area contributed by atoms with Gasteiger partial charge in [0.05, 0.1) is 33.1 Å². The number of para-hydroxylation sites is 4. The van der Waals surface area contributed by atoms with Crippen molar-refractivity contribution in [1.82, 2.24) is 23.7 Å². The van der Waals surface area contributed by atoms with Crippen LogP contribution >= 0.6 is 0 Å². The van der Waals surface area contributed by atoms with Crippen LogP contribution < -0.4 is 9.80 Å². The highest BCUT2D eigenvalue weighted by Gasteiger charge is 2.23. The van der Waals surface area contributed by atoms with Crippen molar-refractivity contribution in [2.24, 2.45) is 0 Å². The SMILES string of the molecule is c1ccc(N(c2ccccc2)c2ccc3c(c2)c2cc(N(c4ccccc4)c4ccccc4)ccc2n3-c2ccc(-c3cc(-n4cnc5c6ccccc6c6ccccc6c54)cc(-n4cnc5c6ccccc6c6ccccc6c54)c3)cc2)cc1. The van der Waals surface area contributed by atoms with Gasteiger partial charge in [-0.15, -0.1) is 0 Å². The van der Waals surface area contributed by atoms with Gasteiger partial charge in [-0.1, -0.05) is 182 Å². The molecule has 3 heterocycles. The van der Waals surface area contributed by atoms with Crippen molar-refractivity contribution < 1.29 is 0 Å². The van der Waals surface area contributed by atoms with Crippen LogP contribution in [0.15, 0.2) is 310 Å². The van der Waals surface area contributed by atoms with Gasteiger partial charge in [0.1, 0.15) is 12.7 Å². The van der Waals surface area contributed by atoms with E-state index < -0.39 is 0 Å². The second kappa shape index (κ2) is 19.6. The molecule has 17 aromatic rings. The van der Waals surface area contributed by atoms with Crippen LogP contribution in [0.4, 0.5) is 34.1 Å². The van der Waals surface area contributed by atoms with Crippen LogP contribution in [0.3, 0.4) is 0 Å². The largest absolute Gasteiger partial charge is 0.310 e. The second-order valence-electron chi connectivity index (χ2n) is 21.8. The van der Waals surface area contributed by atoms with Crippen molar-refractivity contribution in [3.05, 3.63) is 310 Å². The van der Waals surface area contributed by atoms with Crippen LogP contribution in [-0.2, 0) is 0 Å². The fourth-order valence-corrected chi connectivity index (χ4v) is 13.3. The summed E-state index contributed by atoms with van der Waals surface area (Å²) in [5, 5.41) is 11.7. The Morgan fingerprint density at radius 3 is 0.965 bits per heavy atom. The monoisotopic (exact) mass is 1090 g/mol. The van der Waals surface area contributed by atoms with Crippen molar-refractivity contribution in [2.75, 3.05) is 9.80 Å². The van der Waals surface area contributed by atoms with E-state index in [0.29, 0.717) is 0 Å². The molecule has 7 nitrogen and oxygen atoms in total. The van der Waals surface area contributed by atoms with E-state index in [1.165, 1.54) is 21.5 Å². The molecular formula is C78H51N7. The van der Waals surface area contributed by atoms with E-state index >= 15 is 0 Å². The molecular weight excluding hydrogens is 1030 g/mol. The Balaban J connectivity index is 0.868. The van der Waals surface area contributed by atoms with Gasteiger partial charge in [-0.2, -0.15) is 0 Å². The lowest BCUT2D eigenvalue weighted by Gasteiger charge is -2.26. The third-order valence-corrected chi connectivity index (χ3v) is 17.1. The zero-order chi connectivity index (χ0) is 56.0. The highest BCUT2D eigenvalue weighted by Crippen LogP contribution is 2.45. The summed E-state index contributed by atoms with van der Waals surface area (Å²) in [6.45, 7) is 0. The molecule has 0 atom stereocenters. The molecule has 17 rings (SSSR count). The van der Waals surface area contributed by atoms with E-state index in [9.17, 15) is 0 Å². The molecule has 3 aromatic heterocycles. The molecule has 0 aliphatic carbocycles. The maximum absolute atomic E-state index is 5.21. The molecule has 0 aliphatic rings. The second-order valence-corrected chi connectivity index (χ2v) is 21.8. The molecule has 398 valence electrons. The third kappa shape index (κ3) is 7.82. The average molecular weight is 1090 g/mol. The summed E-state index contributed by atoms with van der Waals surface area (Å²) in [5.41, 5.74) is 18.0. The van der Waals surface area contributed by atoms with E-state index in [-0.39, 0.29) is 0 Å². The Bertz CT molecular complexity index is 5030. The van der Waals surface area contributed by atoms with Gasteiger partial charge in [0, 0.05) is 83.5 Å². The third-order valence-electron chi connectivity index (χ3n) is 17.1. The summed E-state index contributed by atoms with van der Waals surface area (Å²) in [7, 11) is 0. The molecule has 0 amide bonds. The molecule has 7 heteroatoms. The maximum atomic E-state index is 5.21. The fraction of sp³-hybridized carbons (Fsp3) is 0. The Morgan fingerprint density at radius 1 is 0.235 bits per heavy atom. The number of fused-ring (bicyclic) bond motifs is 15. The molecule has 0 saturated carbocycles. The topological polar surface area (TPSA) is 47.0 Å². The number of aromatic nitrogens is 5. The van der Waals surface area contributed by atoms with Crippen molar-refractivity contribution in [1.29, 1.82) is 0 Å². The van der Waals surface area contributed by atoms with Crippen LogP contribution in [0.25, 0.3) is 115 Å². The van der Waals surface area contributed by atoms with Crippen molar-refractivity contribution in [2.45, 2.75) is 0 Å². The first-order valence-electron chi connectivity index (χ1n) is 28.9. The van der Waals surface area contributed by atoms with Crippen LogP contribution in [0.5, 0.6) is 0 Å². The minimum atomic E-state index is 0.974. The van der Waals surface area contributed by atoms with Gasteiger partial charge in [0.25, 0.3) is 0 Å². The van der Waals surface area contributed by atoms with Gasteiger partial charge in [0.15, 0.2) is 0 Å². The number of benzene rings is 14. The summed E-state index contributed by atoms with van der Waals surface area (Å²) >= 11 is 0. The van der Waals surface area contributed by atoms with E-state index in [2.05, 4.69) is 321 Å². The Labute approximate surface area is 490 Å². The lowest BCUT2D eigenvalue weighted by Crippen LogP contribution is -2.09. The standard InChI is InChI=1S/C78H51N7/c1-5-21-54(22-6-1)83(55-23-7-2-8-24-55)59-41-43-73-71(48-59)72-49-60(84(56-25-9-3-10-26-56)57-27-11-4-12-28-57)42-44-74(72)85(73)58-39-37-52(38-40-58)53-45-61(81-50-79-75-67-33-17-13-29-63(67)65-31-15-19-35-69(65)77(75)81)47-62(46-53)82-51-80-76-68-34-18-14-30-64(68)66-32-16-20-36-70(66)78(76)82/h1-51H. The van der Waals surface area contributed by atoms with Crippen LogP contribution in [0, 0.1) is 0 Å². The first kappa shape index (κ1) is 48.2. The van der Waals surface area contributed by atoms with Crippen molar-refractivity contribution in [3.8, 4) is 28.2 Å². The fourth-order valence-electron chi connectivity index (χ4n) is 13.3. The molecule has 0 aliphatic heterocycles. The molecule has 0 radical (unpaired) electrons. The minimum Gasteiger partial charge on any atom is -0.310 e. The number of imidazole rings is 2. The summed E-state index contributed by atoms with van der Waals surface area (Å²) in [5.74, 6) is 0. The molecule has 0 fully saturated rings. The maximum Gasteiger partial charge on any atom is 0.100 e. The van der Waals surface area contributed by atoms with E-state index in [1.807, 2.05) is 12.7 Å². The Kier molecular flexibility index (Phi) is 11.1. The zero-order valence-corrected chi connectivity index (χ0v) is 46.1. The first-order chi connectivity index (χ1) is 42.2. The van der Waals surface area contributed by atoms with E-state index in [1.54, 1.807) is 0 Å². The van der Waals surface area contributed by atoms with Gasteiger partial charge < -0.3 is 14.4 Å². The number of anilines is 6. The molecule has 0 N–H and O–H groups in total. The molecule has 0 spiro atoms. The van der Waals surface area contributed by atoms with Crippen molar-refractivity contribution in [3.63, 3.8) is 0 Å². The Hall–Kier alpha value is -11.5. The van der Waals surface area contributed by atoms with Gasteiger partial charge in [-0.05, 0) is 148 Å². The van der Waals surface area contributed by atoms with Crippen LogP contribution in [0.2, 0.25) is 0 Å². The predicted octanol–water partition coefficient (Wildman–Crippen LogP) is 20.7. The predicted molar refractivity (Wildman–Crippen MR) is 355 cm³/mol. The van der Waals surface area contributed by atoms with Crippen LogP contribution in [-0.4, -0.2) is 23.7 Å². The van der Waals surface area contributed by atoms with Crippen molar-refractivity contribution >= 4 is 121 Å². The molecule has 0 unspecified atom stereocenters. The summed E-state index contributed by atoms with van der Waals surface area (Å²) in [6.07, 6.45) is 4.00. The molecule has 0 saturated heterocycles. The first-order valence-corrected chi connectivity index (χ1v) is 28.9. The molecule has 85 heavy (non-hydrogen) atoms. The average Bonchev–Trinajstić information content (AvgIpc) is 3.17. The highest BCUT2D eigenvalue weighted by molar-refractivity contribution is 6.25. The van der Waals surface area contributed by atoms with Gasteiger partial charge in [-0.3, -0.25) is 9.13 Å². The van der Waals surface area contributed by atoms with Gasteiger partial charge in [0.2, 0.25) is 0 Å². The summed E-state index contributed by atoms with van der Waals surface area (Å²) < 4.78 is 6.99. The van der Waals surface area contributed by atoms with E-state index in [4.69, 9.17) is 9.97 Å². The lowest BCUT2D eigenvalue weighted by molar-refractivity contribution is 1.06. The molecule has 0 bridgehead atoms. The number of rotatable bonds is 10. The Morgan fingerprint density at radius 2 is 0.576 bits per heavy atom. The smallest absolute Gasteiger partial charge is 0.100 e. The van der Waals surface area contributed by atoms with Crippen LogP contribution in [0.1, 0.15) is 0 Å². The summed E-state index contributed by atoms with van der Waals surface area (Å²) in [6, 6.07) is 107. The minimum absolute atomic E-state index is 0.974. The molecule has 14 aromatic carbocycles. The quantitative estimate of drug-likeness (QED) is 0.128. The zero-order valence-electron chi connectivity index (χ0n) is 46.1. The number of hydrogen-bond donors (Lipinski definition) is 0. The van der Waals surface area contributed by atoms with E-state index in [0.717, 1.165) is 128 Å². The highest BCUT2D eigenvalue weighted by atomic mass is 15.2. The van der Waals surface area contributed by atoms with Gasteiger partial charge >= 0.3 is 0 Å². The van der Waals surface area contributed by atoms with Gasteiger partial charge in [-0.25, -0.2) is 9.97 Å². The number of nitrogens with zero attached hydrogens (tertiary/aromatic N) is 7. The normalized spacial score (nSPS) is 11.8. The lowest BCUT2D eigenvalue weighted by atomic mass is 9.99.